The first-order valence-electron chi connectivity index (χ1n) is 5.25. The van der Waals surface area contributed by atoms with Crippen molar-refractivity contribution in [3.63, 3.8) is 0 Å². The van der Waals surface area contributed by atoms with Crippen molar-refractivity contribution in [1.82, 2.24) is 0 Å². The van der Waals surface area contributed by atoms with Crippen LogP contribution in [0.3, 0.4) is 0 Å². The van der Waals surface area contributed by atoms with E-state index in [9.17, 15) is 4.79 Å². The smallest absolute Gasteiger partial charge is 0.338 e. The number of aliphatic hydroxyl groups is 1. The van der Waals surface area contributed by atoms with Crippen LogP contribution in [0.1, 0.15) is 35.5 Å². The van der Waals surface area contributed by atoms with Gasteiger partial charge in [-0.25, -0.2) is 4.79 Å². The molecule has 0 amide bonds. The summed E-state index contributed by atoms with van der Waals surface area (Å²) >= 11 is 1.56. The largest absolute Gasteiger partial charge is 0.465 e. The summed E-state index contributed by atoms with van der Waals surface area (Å²) in [4.78, 5) is 12.4. The van der Waals surface area contributed by atoms with Crippen LogP contribution in [0.25, 0.3) is 0 Å². The van der Waals surface area contributed by atoms with Crippen molar-refractivity contribution in [1.29, 1.82) is 0 Å². The monoisotopic (exact) mass is 242 g/mol. The average molecular weight is 242 g/mol. The highest BCUT2D eigenvalue weighted by Gasteiger charge is 2.17. The van der Waals surface area contributed by atoms with Gasteiger partial charge in [0.2, 0.25) is 0 Å². The molecule has 16 heavy (non-hydrogen) atoms. The molecule has 0 aliphatic rings. The van der Waals surface area contributed by atoms with E-state index in [1.807, 2.05) is 25.3 Å². The lowest BCUT2D eigenvalue weighted by Crippen LogP contribution is -2.17. The Labute approximate surface area is 100 Å². The molecule has 1 rings (SSSR count). The molecule has 1 aromatic heterocycles. The van der Waals surface area contributed by atoms with Gasteiger partial charge in [-0.15, -0.1) is 11.3 Å². The molecule has 0 aromatic carbocycles. The van der Waals surface area contributed by atoms with Gasteiger partial charge in [-0.05, 0) is 24.3 Å². The molecule has 1 N–H and O–H groups in total. The van der Waals surface area contributed by atoms with Crippen molar-refractivity contribution in [2.75, 3.05) is 13.7 Å². The number of esters is 1. The summed E-state index contributed by atoms with van der Waals surface area (Å²) in [5.41, 5.74) is 0.555. The van der Waals surface area contributed by atoms with E-state index < -0.39 is 0 Å². The molecule has 0 spiro atoms. The van der Waals surface area contributed by atoms with Crippen molar-refractivity contribution in [2.45, 2.75) is 26.7 Å². The molecule has 0 unspecified atom stereocenters. The summed E-state index contributed by atoms with van der Waals surface area (Å²) < 4.78 is 4.64. The molecule has 0 aliphatic carbocycles. The fourth-order valence-electron chi connectivity index (χ4n) is 1.28. The molecule has 1 heterocycles. The zero-order valence-electron chi connectivity index (χ0n) is 9.95. The Kier molecular flexibility index (Phi) is 4.50. The van der Waals surface area contributed by atoms with Crippen LogP contribution in [0.4, 0.5) is 0 Å². The average Bonchev–Trinajstić information content (AvgIpc) is 2.74. The number of thiophene rings is 1. The van der Waals surface area contributed by atoms with Crippen molar-refractivity contribution >= 4 is 17.3 Å². The maximum absolute atomic E-state index is 11.2. The van der Waals surface area contributed by atoms with E-state index in [0.717, 1.165) is 17.7 Å². The second kappa shape index (κ2) is 5.46. The summed E-state index contributed by atoms with van der Waals surface area (Å²) in [6.45, 7) is 4.24. The van der Waals surface area contributed by atoms with Crippen molar-refractivity contribution < 1.29 is 14.6 Å². The van der Waals surface area contributed by atoms with Crippen LogP contribution in [0.2, 0.25) is 0 Å². The van der Waals surface area contributed by atoms with Crippen LogP contribution < -0.4 is 0 Å². The minimum absolute atomic E-state index is 0.0601. The lowest BCUT2D eigenvalue weighted by atomic mass is 9.89. The second-order valence-corrected chi connectivity index (χ2v) is 5.61. The number of hydrogen-bond acceptors (Lipinski definition) is 4. The fraction of sp³-hybridized carbons (Fsp3) is 0.583. The van der Waals surface area contributed by atoms with E-state index in [0.29, 0.717) is 5.56 Å². The molecule has 0 bridgehead atoms. The highest BCUT2D eigenvalue weighted by atomic mass is 32.1. The van der Waals surface area contributed by atoms with E-state index in [2.05, 4.69) is 4.74 Å². The summed E-state index contributed by atoms with van der Waals surface area (Å²) in [6, 6.07) is 1.87. The number of hydrogen-bond donors (Lipinski definition) is 1. The first-order valence-corrected chi connectivity index (χ1v) is 6.13. The van der Waals surface area contributed by atoms with Crippen molar-refractivity contribution in [3.05, 3.63) is 21.9 Å². The van der Waals surface area contributed by atoms with Crippen molar-refractivity contribution in [2.24, 2.45) is 5.41 Å². The van der Waals surface area contributed by atoms with Gasteiger partial charge in [0.05, 0.1) is 12.7 Å². The van der Waals surface area contributed by atoms with E-state index in [1.54, 1.807) is 11.3 Å². The van der Waals surface area contributed by atoms with Crippen LogP contribution in [-0.2, 0) is 11.2 Å². The molecule has 4 heteroatoms. The molecular formula is C12H18O3S. The van der Waals surface area contributed by atoms with Gasteiger partial charge in [0.15, 0.2) is 0 Å². The van der Waals surface area contributed by atoms with Gasteiger partial charge in [0, 0.05) is 16.9 Å². The zero-order valence-corrected chi connectivity index (χ0v) is 10.8. The minimum atomic E-state index is -0.288. The third-order valence-corrected chi connectivity index (χ3v) is 3.55. The molecule has 90 valence electrons. The van der Waals surface area contributed by atoms with Gasteiger partial charge < -0.3 is 9.84 Å². The molecule has 1 aromatic rings. The highest BCUT2D eigenvalue weighted by molar-refractivity contribution is 7.10. The van der Waals surface area contributed by atoms with Crippen molar-refractivity contribution in [3.8, 4) is 0 Å². The fourth-order valence-corrected chi connectivity index (χ4v) is 2.13. The van der Waals surface area contributed by atoms with Crippen LogP contribution in [0, 0.1) is 5.41 Å². The van der Waals surface area contributed by atoms with Crippen LogP contribution in [-0.4, -0.2) is 24.8 Å². The molecule has 3 nitrogen and oxygen atoms in total. The molecule has 0 atom stereocenters. The number of carbonyl (C=O) groups is 1. The first-order chi connectivity index (χ1) is 7.48. The summed E-state index contributed by atoms with van der Waals surface area (Å²) in [6.07, 6.45) is 1.79. The number of ether oxygens (including phenoxy) is 1. The topological polar surface area (TPSA) is 46.5 Å². The summed E-state index contributed by atoms with van der Waals surface area (Å²) in [5.74, 6) is -0.288. The molecule has 0 aliphatic heterocycles. The van der Waals surface area contributed by atoms with Gasteiger partial charge >= 0.3 is 5.97 Å². The Bertz CT molecular complexity index is 355. The summed E-state index contributed by atoms with van der Waals surface area (Å²) in [7, 11) is 1.38. The molecule has 0 saturated heterocycles. The summed E-state index contributed by atoms with van der Waals surface area (Å²) in [5, 5.41) is 10.9. The second-order valence-electron chi connectivity index (χ2n) is 4.62. The number of rotatable bonds is 5. The third-order valence-electron chi connectivity index (χ3n) is 2.55. The highest BCUT2D eigenvalue weighted by Crippen LogP contribution is 2.25. The van der Waals surface area contributed by atoms with E-state index in [-0.39, 0.29) is 18.0 Å². The van der Waals surface area contributed by atoms with Gasteiger partial charge in [-0.1, -0.05) is 13.8 Å². The number of methoxy groups -OCH3 is 1. The molecule has 0 radical (unpaired) electrons. The standard InChI is InChI=1S/C12H18O3S/c1-12(2,8-13)5-4-10-6-9(7-16-10)11(14)15-3/h6-7,13H,4-5,8H2,1-3H3. The predicted octanol–water partition coefficient (Wildman–Crippen LogP) is 2.49. The maximum atomic E-state index is 11.2. The third kappa shape index (κ3) is 3.61. The molecular weight excluding hydrogens is 224 g/mol. The quantitative estimate of drug-likeness (QED) is 0.807. The lowest BCUT2D eigenvalue weighted by molar-refractivity contribution is 0.0601. The van der Waals surface area contributed by atoms with Gasteiger partial charge in [0.1, 0.15) is 0 Å². The normalized spacial score (nSPS) is 11.5. The van der Waals surface area contributed by atoms with E-state index in [1.165, 1.54) is 7.11 Å². The Morgan fingerprint density at radius 1 is 1.56 bits per heavy atom. The predicted molar refractivity (Wildman–Crippen MR) is 64.8 cm³/mol. The Morgan fingerprint density at radius 3 is 2.81 bits per heavy atom. The van der Waals surface area contributed by atoms with Gasteiger partial charge in [-0.2, -0.15) is 0 Å². The zero-order chi connectivity index (χ0) is 12.2. The maximum Gasteiger partial charge on any atom is 0.338 e. The Morgan fingerprint density at radius 2 is 2.25 bits per heavy atom. The van der Waals surface area contributed by atoms with Crippen LogP contribution in [0.5, 0.6) is 0 Å². The molecule has 0 fully saturated rings. The van der Waals surface area contributed by atoms with Crippen LogP contribution >= 0.6 is 11.3 Å². The minimum Gasteiger partial charge on any atom is -0.465 e. The molecule has 0 saturated carbocycles. The SMILES string of the molecule is COC(=O)c1csc(CCC(C)(C)CO)c1. The lowest BCUT2D eigenvalue weighted by Gasteiger charge is -2.20. The van der Waals surface area contributed by atoms with E-state index in [4.69, 9.17) is 5.11 Å². The van der Waals surface area contributed by atoms with Crippen LogP contribution in [0.15, 0.2) is 11.4 Å². The number of carbonyl (C=O) groups excluding carboxylic acids is 1. The number of aryl methyl sites for hydroxylation is 1. The van der Waals surface area contributed by atoms with Gasteiger partial charge in [0.25, 0.3) is 0 Å². The number of aliphatic hydroxyl groups excluding tert-OH is 1. The Hall–Kier alpha value is -0.870. The Balaban J connectivity index is 2.56. The van der Waals surface area contributed by atoms with E-state index >= 15 is 0 Å². The van der Waals surface area contributed by atoms with Gasteiger partial charge in [-0.3, -0.25) is 0 Å². The first kappa shape index (κ1) is 13.2.